The number of amides is 1. The fourth-order valence-corrected chi connectivity index (χ4v) is 6.32. The second kappa shape index (κ2) is 9.88. The molecule has 11 nitrogen and oxygen atoms in total. The molecule has 0 bridgehead atoms. The Labute approximate surface area is 235 Å². The third-order valence-corrected chi connectivity index (χ3v) is 8.04. The summed E-state index contributed by atoms with van der Waals surface area (Å²) in [6.45, 7) is 2.31. The van der Waals surface area contributed by atoms with Gasteiger partial charge in [-0.1, -0.05) is 30.3 Å². The molecule has 7 N–H and O–H groups in total. The van der Waals surface area contributed by atoms with Crippen LogP contribution in [0.4, 0.5) is 0 Å². The van der Waals surface area contributed by atoms with Crippen molar-refractivity contribution in [3.63, 3.8) is 0 Å². The Balaban J connectivity index is 1.82. The summed E-state index contributed by atoms with van der Waals surface area (Å²) in [7, 11) is 2.96. The average Bonchev–Trinajstić information content (AvgIpc) is 2.91. The fraction of sp³-hybridized carbons (Fsp3) is 0.300. The first kappa shape index (κ1) is 28.1. The Morgan fingerprint density at radius 1 is 1.10 bits per heavy atom. The van der Waals surface area contributed by atoms with Crippen LogP contribution in [-0.2, 0) is 9.59 Å². The number of fused-ring (bicyclic) bond motifs is 3. The minimum Gasteiger partial charge on any atom is -0.510 e. The number of benzene rings is 2. The first-order valence-electron chi connectivity index (χ1n) is 13.0. The predicted octanol–water partition coefficient (Wildman–Crippen LogP) is 1.49. The molecule has 0 aliphatic heterocycles. The van der Waals surface area contributed by atoms with Gasteiger partial charge in [-0.05, 0) is 55.9 Å². The van der Waals surface area contributed by atoms with Crippen molar-refractivity contribution >= 4 is 29.1 Å². The molecular formula is C30H30N2O9. The van der Waals surface area contributed by atoms with Gasteiger partial charge < -0.3 is 36.0 Å². The SMILES string of the molecule is CCOc1ccc(/C=C2\c3cccc(O)c3C(=O)C3=C(O)C4(O)C(=O)C(C(N)=O)=C(O)C(N(C)C)C4C(O)C32)cc1. The van der Waals surface area contributed by atoms with Crippen LogP contribution in [0.1, 0.15) is 28.4 Å². The zero-order valence-electron chi connectivity index (χ0n) is 22.5. The molecule has 2 aromatic rings. The van der Waals surface area contributed by atoms with Crippen molar-refractivity contribution in [1.82, 2.24) is 4.90 Å². The van der Waals surface area contributed by atoms with Gasteiger partial charge in [-0.25, -0.2) is 0 Å². The summed E-state index contributed by atoms with van der Waals surface area (Å²) >= 11 is 0. The minimum atomic E-state index is -2.99. The fourth-order valence-electron chi connectivity index (χ4n) is 6.32. The number of nitrogens with two attached hydrogens (primary N) is 1. The maximum absolute atomic E-state index is 13.8. The number of ketones is 2. The second-order valence-electron chi connectivity index (χ2n) is 10.5. The normalized spacial score (nSPS) is 28.5. The lowest BCUT2D eigenvalue weighted by atomic mass is 9.56. The van der Waals surface area contributed by atoms with E-state index in [2.05, 4.69) is 0 Å². The average molecular weight is 563 g/mol. The molecule has 0 radical (unpaired) electrons. The lowest BCUT2D eigenvalue weighted by Gasteiger charge is -2.52. The monoisotopic (exact) mass is 562 g/mol. The number of ether oxygens (including phenoxy) is 1. The van der Waals surface area contributed by atoms with Crippen molar-refractivity contribution in [2.45, 2.75) is 24.7 Å². The third kappa shape index (κ3) is 3.96. The Morgan fingerprint density at radius 3 is 2.34 bits per heavy atom. The van der Waals surface area contributed by atoms with E-state index in [0.29, 0.717) is 23.5 Å². The maximum atomic E-state index is 13.8. The van der Waals surface area contributed by atoms with Crippen molar-refractivity contribution in [3.8, 4) is 11.5 Å². The van der Waals surface area contributed by atoms with Crippen LogP contribution in [-0.4, -0.2) is 86.4 Å². The van der Waals surface area contributed by atoms with Crippen molar-refractivity contribution < 1.29 is 44.7 Å². The molecule has 3 aliphatic carbocycles. The number of hydrogen-bond donors (Lipinski definition) is 6. The van der Waals surface area contributed by atoms with Gasteiger partial charge in [-0.3, -0.25) is 19.3 Å². The number of Topliss-reactive ketones (excluding diaryl/α,β-unsaturated/α-hetero) is 2. The number of aliphatic hydroxyl groups is 4. The summed E-state index contributed by atoms with van der Waals surface area (Å²) in [4.78, 5) is 40.9. The van der Waals surface area contributed by atoms with Gasteiger partial charge in [0.2, 0.25) is 5.78 Å². The van der Waals surface area contributed by atoms with Crippen LogP contribution in [0.3, 0.4) is 0 Å². The van der Waals surface area contributed by atoms with Crippen LogP contribution >= 0.6 is 0 Å². The molecule has 3 aliphatic rings. The quantitative estimate of drug-likeness (QED) is 0.291. The van der Waals surface area contributed by atoms with Crippen molar-refractivity contribution in [2.24, 2.45) is 17.6 Å². The van der Waals surface area contributed by atoms with Crippen LogP contribution in [0, 0.1) is 11.8 Å². The molecule has 0 aromatic heterocycles. The first-order chi connectivity index (χ1) is 19.4. The van der Waals surface area contributed by atoms with E-state index < -0.39 is 75.5 Å². The van der Waals surface area contributed by atoms with E-state index in [1.54, 1.807) is 36.4 Å². The van der Waals surface area contributed by atoms with Crippen LogP contribution in [0.25, 0.3) is 11.6 Å². The number of aromatic hydroxyl groups is 1. The second-order valence-corrected chi connectivity index (χ2v) is 10.5. The van der Waals surface area contributed by atoms with E-state index in [1.807, 2.05) is 6.92 Å². The molecular weight excluding hydrogens is 532 g/mol. The van der Waals surface area contributed by atoms with Gasteiger partial charge in [-0.2, -0.15) is 0 Å². The number of carbonyl (C=O) groups excluding carboxylic acids is 3. The highest BCUT2D eigenvalue weighted by molar-refractivity contribution is 6.25. The molecule has 0 saturated carbocycles. The largest absolute Gasteiger partial charge is 0.510 e. The Morgan fingerprint density at radius 2 is 1.76 bits per heavy atom. The van der Waals surface area contributed by atoms with Gasteiger partial charge in [0.05, 0.1) is 35.8 Å². The van der Waals surface area contributed by atoms with Crippen LogP contribution < -0.4 is 10.5 Å². The first-order valence-corrected chi connectivity index (χ1v) is 13.0. The van der Waals surface area contributed by atoms with Gasteiger partial charge in [0, 0.05) is 5.92 Å². The Kier molecular flexibility index (Phi) is 6.77. The molecule has 41 heavy (non-hydrogen) atoms. The number of carbonyl (C=O) groups is 3. The van der Waals surface area contributed by atoms with E-state index >= 15 is 0 Å². The topological polar surface area (TPSA) is 191 Å². The summed E-state index contributed by atoms with van der Waals surface area (Å²) < 4.78 is 5.50. The van der Waals surface area contributed by atoms with Crippen molar-refractivity contribution in [1.29, 1.82) is 0 Å². The number of phenols is 1. The molecule has 2 aromatic carbocycles. The number of phenolic OH excluding ortho intramolecular Hbond substituents is 1. The highest BCUT2D eigenvalue weighted by Gasteiger charge is 2.67. The molecule has 0 heterocycles. The van der Waals surface area contributed by atoms with Gasteiger partial charge in [0.15, 0.2) is 11.4 Å². The van der Waals surface area contributed by atoms with E-state index in [4.69, 9.17) is 10.5 Å². The summed E-state index contributed by atoms with van der Waals surface area (Å²) in [6, 6.07) is 9.96. The summed E-state index contributed by atoms with van der Waals surface area (Å²) in [5, 5.41) is 57.0. The molecule has 214 valence electrons. The molecule has 5 rings (SSSR count). The maximum Gasteiger partial charge on any atom is 0.255 e. The van der Waals surface area contributed by atoms with E-state index in [9.17, 15) is 39.9 Å². The van der Waals surface area contributed by atoms with Gasteiger partial charge in [0.25, 0.3) is 5.91 Å². The third-order valence-electron chi connectivity index (χ3n) is 8.04. The van der Waals surface area contributed by atoms with Crippen LogP contribution in [0.5, 0.6) is 11.5 Å². The Hall–Kier alpha value is -4.45. The van der Waals surface area contributed by atoms with Crippen LogP contribution in [0.15, 0.2) is 65.1 Å². The zero-order chi connectivity index (χ0) is 30.0. The minimum absolute atomic E-state index is 0.197. The number of nitrogens with zero attached hydrogens (tertiary/aromatic N) is 1. The molecule has 5 atom stereocenters. The number of hydrogen-bond acceptors (Lipinski definition) is 10. The molecule has 11 heteroatoms. The predicted molar refractivity (Wildman–Crippen MR) is 147 cm³/mol. The van der Waals surface area contributed by atoms with E-state index in [1.165, 1.54) is 31.1 Å². The van der Waals surface area contributed by atoms with Crippen molar-refractivity contribution in [2.75, 3.05) is 20.7 Å². The summed E-state index contributed by atoms with van der Waals surface area (Å²) in [5.74, 6) is -8.28. The number of rotatable bonds is 5. The lowest BCUT2D eigenvalue weighted by molar-refractivity contribution is -0.159. The highest BCUT2D eigenvalue weighted by atomic mass is 16.5. The molecule has 0 spiro atoms. The van der Waals surface area contributed by atoms with Crippen molar-refractivity contribution in [3.05, 3.63) is 81.8 Å². The number of likely N-dealkylation sites (N-methyl/N-ethyl adjacent to an activating group) is 1. The number of primary amides is 1. The summed E-state index contributed by atoms with van der Waals surface area (Å²) in [6.07, 6.45) is -0.0848. The zero-order valence-corrected chi connectivity index (χ0v) is 22.5. The van der Waals surface area contributed by atoms with Crippen LogP contribution in [0.2, 0.25) is 0 Å². The van der Waals surface area contributed by atoms with Gasteiger partial charge in [0.1, 0.15) is 28.6 Å². The Bertz CT molecular complexity index is 1570. The highest BCUT2D eigenvalue weighted by Crippen LogP contribution is 2.55. The molecule has 5 unspecified atom stereocenters. The molecule has 0 fully saturated rings. The number of aliphatic hydroxyl groups excluding tert-OH is 3. The molecule has 0 saturated heterocycles. The van der Waals surface area contributed by atoms with E-state index in [0.717, 1.165) is 0 Å². The van der Waals surface area contributed by atoms with Gasteiger partial charge >= 0.3 is 0 Å². The van der Waals surface area contributed by atoms with E-state index in [-0.39, 0.29) is 11.1 Å². The standard InChI is InChI=1S/C30H30N2O9/c1-4-41-14-10-8-13(9-11-14)12-16-15-6-5-7-17(33)18(15)24(34)20-19(16)25(35)22-23(32(2)3)26(36)21(29(31)39)28(38)30(22,40)27(20)37/h5-12,19,22-23,25,33,35-37,40H,4H2,1-3H3,(H2,31,39)/b16-12+. The smallest absolute Gasteiger partial charge is 0.255 e. The molecule has 1 amide bonds. The lowest BCUT2D eigenvalue weighted by Crippen LogP contribution is -2.68. The van der Waals surface area contributed by atoms with Gasteiger partial charge in [-0.15, -0.1) is 0 Å². The summed E-state index contributed by atoms with van der Waals surface area (Å²) in [5.41, 5.74) is 1.93.